The Hall–Kier alpha value is -3.63. The molecule has 3 rings (SSSR count). The maximum absolute atomic E-state index is 12.6. The van der Waals surface area contributed by atoms with E-state index in [9.17, 15) is 28.6 Å². The second kappa shape index (κ2) is 9.45. The number of hydrogen-bond donors (Lipinski definition) is 0. The predicted octanol–water partition coefficient (Wildman–Crippen LogP) is 3.93. The fourth-order valence-corrected chi connectivity index (χ4v) is 4.02. The molecular formula is C21H18N2O7S. The summed E-state index contributed by atoms with van der Waals surface area (Å²) in [5.74, 6) is 0. The Morgan fingerprint density at radius 1 is 0.742 bits per heavy atom. The molecular weight excluding hydrogens is 424 g/mol. The number of rotatable bonds is 9. The highest BCUT2D eigenvalue weighted by Crippen LogP contribution is 2.27. The Labute approximate surface area is 178 Å². The van der Waals surface area contributed by atoms with E-state index in [-0.39, 0.29) is 16.9 Å². The molecule has 2 atom stereocenters. The molecule has 10 heteroatoms. The molecule has 0 aliphatic rings. The van der Waals surface area contributed by atoms with Gasteiger partial charge in [-0.3, -0.25) is 20.2 Å². The molecule has 31 heavy (non-hydrogen) atoms. The zero-order valence-corrected chi connectivity index (χ0v) is 16.9. The first-order valence-corrected chi connectivity index (χ1v) is 10.6. The highest BCUT2D eigenvalue weighted by molar-refractivity contribution is 7.86. The zero-order chi connectivity index (χ0) is 22.4. The summed E-state index contributed by atoms with van der Waals surface area (Å²) in [4.78, 5) is 21.3. The van der Waals surface area contributed by atoms with Crippen molar-refractivity contribution in [3.63, 3.8) is 0 Å². The van der Waals surface area contributed by atoms with Gasteiger partial charge < -0.3 is 0 Å². The topological polar surface area (TPSA) is 130 Å². The molecule has 0 bridgehead atoms. The van der Waals surface area contributed by atoms with Crippen molar-refractivity contribution in [1.29, 1.82) is 0 Å². The second-order valence-electron chi connectivity index (χ2n) is 6.66. The third-order valence-corrected chi connectivity index (χ3v) is 5.86. The molecule has 0 radical (unpaired) electrons. The quantitative estimate of drug-likeness (QED) is 0.212. The molecule has 0 saturated carbocycles. The summed E-state index contributed by atoms with van der Waals surface area (Å²) in [5, 5.41) is 22.9. The summed E-state index contributed by atoms with van der Waals surface area (Å²) < 4.78 is 30.0. The average Bonchev–Trinajstić information content (AvgIpc) is 2.77. The molecule has 9 nitrogen and oxygen atoms in total. The van der Waals surface area contributed by atoms with Crippen LogP contribution in [0.2, 0.25) is 0 Å². The monoisotopic (exact) mass is 442 g/mol. The Bertz CT molecular complexity index is 1150. The van der Waals surface area contributed by atoms with Gasteiger partial charge in [0, 0.05) is 16.9 Å². The van der Waals surface area contributed by atoms with Crippen LogP contribution in [-0.4, -0.2) is 18.3 Å². The van der Waals surface area contributed by atoms with Gasteiger partial charge in [0.2, 0.25) is 6.04 Å². The van der Waals surface area contributed by atoms with E-state index in [0.29, 0.717) is 5.56 Å². The molecule has 0 aliphatic carbocycles. The summed E-state index contributed by atoms with van der Waals surface area (Å²) in [6.07, 6.45) is -1.77. The fraction of sp³-hybridized carbons (Fsp3) is 0.143. The molecule has 0 saturated heterocycles. The van der Waals surface area contributed by atoms with Crippen molar-refractivity contribution >= 4 is 10.1 Å². The molecule has 0 fully saturated rings. The summed E-state index contributed by atoms with van der Waals surface area (Å²) in [7, 11) is -4.49. The molecule has 0 spiro atoms. The molecule has 3 aromatic rings. The van der Waals surface area contributed by atoms with Crippen molar-refractivity contribution < 1.29 is 22.4 Å². The van der Waals surface area contributed by atoms with Crippen LogP contribution in [0.4, 0.5) is 0 Å². The zero-order valence-electron chi connectivity index (χ0n) is 16.1. The predicted molar refractivity (Wildman–Crippen MR) is 111 cm³/mol. The normalized spacial score (nSPS) is 13.3. The average molecular weight is 442 g/mol. The minimum Gasteiger partial charge on any atom is -0.264 e. The number of nitro groups is 2. The highest BCUT2D eigenvalue weighted by atomic mass is 32.2. The van der Waals surface area contributed by atoms with E-state index in [2.05, 4.69) is 0 Å². The van der Waals surface area contributed by atoms with Crippen LogP contribution in [-0.2, 0) is 20.7 Å². The third kappa shape index (κ3) is 5.50. The van der Waals surface area contributed by atoms with Crippen LogP contribution in [0, 0.1) is 20.2 Å². The van der Waals surface area contributed by atoms with Gasteiger partial charge >= 0.3 is 16.3 Å². The summed E-state index contributed by atoms with van der Waals surface area (Å²) in [6.45, 7) is 0. The number of hydrogen-bond acceptors (Lipinski definition) is 7. The van der Waals surface area contributed by atoms with Gasteiger partial charge in [0.15, 0.2) is 0 Å². The first-order valence-electron chi connectivity index (χ1n) is 9.17. The lowest BCUT2D eigenvalue weighted by Crippen LogP contribution is -2.19. The maximum atomic E-state index is 12.6. The highest BCUT2D eigenvalue weighted by Gasteiger charge is 2.32. The van der Waals surface area contributed by atoms with Crippen molar-refractivity contribution in [2.75, 3.05) is 0 Å². The molecule has 160 valence electrons. The van der Waals surface area contributed by atoms with Crippen LogP contribution in [0.5, 0.6) is 0 Å². The Balaban J connectivity index is 1.83. The maximum Gasteiger partial charge on any atom is 0.356 e. The summed E-state index contributed by atoms with van der Waals surface area (Å²) in [5.41, 5.74) is 1.14. The fourth-order valence-electron chi connectivity index (χ4n) is 3.01. The van der Waals surface area contributed by atoms with Gasteiger partial charge in [0.25, 0.3) is 0 Å². The Kier molecular flexibility index (Phi) is 6.73. The van der Waals surface area contributed by atoms with Crippen molar-refractivity contribution in [2.45, 2.75) is 23.6 Å². The summed E-state index contributed by atoms with van der Waals surface area (Å²) in [6, 6.07) is 20.2. The summed E-state index contributed by atoms with van der Waals surface area (Å²) >= 11 is 0. The van der Waals surface area contributed by atoms with Gasteiger partial charge in [-0.15, -0.1) is 0 Å². The van der Waals surface area contributed by atoms with Crippen molar-refractivity contribution in [1.82, 2.24) is 0 Å². The molecule has 0 aliphatic heterocycles. The Morgan fingerprint density at radius 3 is 1.81 bits per heavy atom. The van der Waals surface area contributed by atoms with E-state index < -0.39 is 32.2 Å². The minimum absolute atomic E-state index is 0.0731. The number of nitrogens with zero attached hydrogens (tertiary/aromatic N) is 2. The van der Waals surface area contributed by atoms with E-state index >= 15 is 0 Å². The number of benzene rings is 3. The van der Waals surface area contributed by atoms with Crippen molar-refractivity contribution in [2.24, 2.45) is 0 Å². The van der Waals surface area contributed by atoms with Crippen LogP contribution >= 0.6 is 0 Å². The molecule has 2 unspecified atom stereocenters. The van der Waals surface area contributed by atoms with E-state index in [4.69, 9.17) is 4.18 Å². The SMILES string of the molecule is O=[N+]([O-])C(Cc1ccccc1)c1ccc(S(=O)(=O)OC(c2ccccc2)[N+](=O)[O-])cc1. The van der Waals surface area contributed by atoms with E-state index in [1.807, 2.05) is 0 Å². The minimum atomic E-state index is -4.49. The van der Waals surface area contributed by atoms with Gasteiger partial charge in [-0.1, -0.05) is 60.7 Å². The molecule has 0 heterocycles. The van der Waals surface area contributed by atoms with Crippen LogP contribution in [0.25, 0.3) is 0 Å². The van der Waals surface area contributed by atoms with Crippen LogP contribution in [0.15, 0.2) is 89.8 Å². The van der Waals surface area contributed by atoms with Gasteiger partial charge in [-0.05, 0) is 29.8 Å². The van der Waals surface area contributed by atoms with Gasteiger partial charge in [-0.2, -0.15) is 12.6 Å². The molecule has 0 aromatic heterocycles. The van der Waals surface area contributed by atoms with Crippen molar-refractivity contribution in [3.8, 4) is 0 Å². The largest absolute Gasteiger partial charge is 0.356 e. The lowest BCUT2D eigenvalue weighted by atomic mass is 9.99. The lowest BCUT2D eigenvalue weighted by Gasteiger charge is -2.13. The van der Waals surface area contributed by atoms with Crippen molar-refractivity contribution in [3.05, 3.63) is 122 Å². The molecule has 0 N–H and O–H groups in total. The van der Waals surface area contributed by atoms with Crippen LogP contribution in [0.1, 0.15) is 29.0 Å². The standard InChI is InChI=1S/C21H18N2O7S/c24-22(25)20(15-16-7-3-1-4-8-16)17-11-13-19(14-12-17)31(28,29)30-21(23(26)27)18-9-5-2-6-10-18/h1-14,20-21H,15H2. The second-order valence-corrected chi connectivity index (χ2v) is 8.23. The molecule has 0 amide bonds. The van der Waals surface area contributed by atoms with Crippen LogP contribution in [0.3, 0.4) is 0 Å². The van der Waals surface area contributed by atoms with Crippen LogP contribution < -0.4 is 0 Å². The van der Waals surface area contributed by atoms with Gasteiger partial charge in [0.05, 0.1) is 15.4 Å². The first kappa shape index (κ1) is 22.1. The van der Waals surface area contributed by atoms with Gasteiger partial charge in [-0.25, -0.2) is 0 Å². The van der Waals surface area contributed by atoms with Gasteiger partial charge in [0.1, 0.15) is 0 Å². The van der Waals surface area contributed by atoms with E-state index in [1.54, 1.807) is 36.4 Å². The first-order chi connectivity index (χ1) is 14.8. The smallest absolute Gasteiger partial charge is 0.264 e. The Morgan fingerprint density at radius 2 is 1.29 bits per heavy atom. The third-order valence-electron chi connectivity index (χ3n) is 4.57. The van der Waals surface area contributed by atoms with E-state index in [1.165, 1.54) is 36.4 Å². The molecule has 3 aromatic carbocycles. The van der Waals surface area contributed by atoms with E-state index in [0.717, 1.165) is 17.7 Å². The lowest BCUT2D eigenvalue weighted by molar-refractivity contribution is -0.570.